The molecular formula is C15H21BrFN. The first kappa shape index (κ1) is 15.4. The largest absolute Gasteiger partial charge is 0.312 e. The highest BCUT2D eigenvalue weighted by Gasteiger charge is 2.06. The van der Waals surface area contributed by atoms with Crippen LogP contribution in [-0.2, 0) is 6.42 Å². The molecule has 0 amide bonds. The molecule has 0 heterocycles. The monoisotopic (exact) mass is 313 g/mol. The van der Waals surface area contributed by atoms with Crippen LogP contribution in [0.2, 0.25) is 0 Å². The summed E-state index contributed by atoms with van der Waals surface area (Å²) in [5, 5.41) is 3.41. The predicted octanol–water partition coefficient (Wildman–Crippen LogP) is 4.47. The highest BCUT2D eigenvalue weighted by Crippen LogP contribution is 2.16. The first-order valence-corrected chi connectivity index (χ1v) is 7.02. The maximum Gasteiger partial charge on any atom is 0.126 e. The molecule has 3 heteroatoms. The van der Waals surface area contributed by atoms with Crippen molar-refractivity contribution in [2.45, 2.75) is 39.2 Å². The third-order valence-electron chi connectivity index (χ3n) is 2.48. The maximum atomic E-state index is 13.4. The number of hydrogen-bond acceptors (Lipinski definition) is 1. The van der Waals surface area contributed by atoms with Crippen molar-refractivity contribution in [2.24, 2.45) is 0 Å². The Morgan fingerprint density at radius 2 is 2.00 bits per heavy atom. The summed E-state index contributed by atoms with van der Waals surface area (Å²) >= 11 is 3.35. The fourth-order valence-corrected chi connectivity index (χ4v) is 1.97. The van der Waals surface area contributed by atoms with Gasteiger partial charge in [-0.3, -0.25) is 0 Å². The second-order valence-electron chi connectivity index (χ2n) is 5.38. The van der Waals surface area contributed by atoms with Crippen LogP contribution in [0.15, 0.2) is 34.8 Å². The molecule has 1 rings (SSSR count). The van der Waals surface area contributed by atoms with Crippen molar-refractivity contribution in [2.75, 3.05) is 6.54 Å². The fourth-order valence-electron chi connectivity index (χ4n) is 1.56. The molecule has 0 aliphatic heterocycles. The van der Waals surface area contributed by atoms with E-state index in [9.17, 15) is 4.39 Å². The molecule has 0 aliphatic carbocycles. The average molecular weight is 314 g/mol. The highest BCUT2D eigenvalue weighted by atomic mass is 79.9. The Balaban J connectivity index is 2.34. The van der Waals surface area contributed by atoms with Crippen molar-refractivity contribution in [3.05, 3.63) is 46.2 Å². The van der Waals surface area contributed by atoms with E-state index in [1.807, 2.05) is 12.1 Å². The second kappa shape index (κ2) is 7.05. The van der Waals surface area contributed by atoms with Crippen LogP contribution in [0.1, 0.15) is 32.8 Å². The summed E-state index contributed by atoms with van der Waals surface area (Å²) in [5.74, 6) is -0.143. The molecule has 1 aromatic carbocycles. The van der Waals surface area contributed by atoms with Gasteiger partial charge in [-0.05, 0) is 63.9 Å². The SMILES string of the molecule is CC(C)(C)NCCC=CCc1cc(Br)ccc1F. The molecule has 0 bridgehead atoms. The first-order chi connectivity index (χ1) is 8.38. The standard InChI is InChI=1S/C15H21BrFN/c1-15(2,3)18-10-6-4-5-7-12-11-13(16)8-9-14(12)17/h4-5,8-9,11,18H,6-7,10H2,1-3H3. The molecule has 0 spiro atoms. The molecule has 1 N–H and O–H groups in total. The number of halogens is 2. The van der Waals surface area contributed by atoms with Gasteiger partial charge in [0.05, 0.1) is 0 Å². The molecule has 0 aromatic heterocycles. The number of benzene rings is 1. The molecule has 0 fully saturated rings. The van der Waals surface area contributed by atoms with Gasteiger partial charge in [0.1, 0.15) is 5.82 Å². The number of allylic oxidation sites excluding steroid dienone is 1. The van der Waals surface area contributed by atoms with Crippen molar-refractivity contribution in [3.63, 3.8) is 0 Å². The van der Waals surface area contributed by atoms with E-state index in [4.69, 9.17) is 0 Å². The lowest BCUT2D eigenvalue weighted by Gasteiger charge is -2.19. The van der Waals surface area contributed by atoms with Crippen LogP contribution in [-0.4, -0.2) is 12.1 Å². The van der Waals surface area contributed by atoms with Gasteiger partial charge in [0.2, 0.25) is 0 Å². The fraction of sp³-hybridized carbons (Fsp3) is 0.467. The van der Waals surface area contributed by atoms with Crippen molar-refractivity contribution in [1.29, 1.82) is 0 Å². The van der Waals surface area contributed by atoms with Crippen molar-refractivity contribution >= 4 is 15.9 Å². The lowest BCUT2D eigenvalue weighted by atomic mass is 10.1. The van der Waals surface area contributed by atoms with Gasteiger partial charge in [-0.2, -0.15) is 0 Å². The van der Waals surface area contributed by atoms with Crippen LogP contribution in [0, 0.1) is 5.82 Å². The van der Waals surface area contributed by atoms with E-state index in [-0.39, 0.29) is 11.4 Å². The molecule has 100 valence electrons. The summed E-state index contributed by atoms with van der Waals surface area (Å²) in [6, 6.07) is 5.04. The van der Waals surface area contributed by atoms with Crippen LogP contribution in [0.3, 0.4) is 0 Å². The Morgan fingerprint density at radius 1 is 1.28 bits per heavy atom. The molecule has 0 unspecified atom stereocenters. The van der Waals surface area contributed by atoms with E-state index < -0.39 is 0 Å². The quantitative estimate of drug-likeness (QED) is 0.625. The molecule has 18 heavy (non-hydrogen) atoms. The smallest absolute Gasteiger partial charge is 0.126 e. The average Bonchev–Trinajstić information content (AvgIpc) is 2.26. The number of rotatable bonds is 5. The highest BCUT2D eigenvalue weighted by molar-refractivity contribution is 9.10. The summed E-state index contributed by atoms with van der Waals surface area (Å²) in [7, 11) is 0. The topological polar surface area (TPSA) is 12.0 Å². The van der Waals surface area contributed by atoms with Gasteiger partial charge in [-0.25, -0.2) is 4.39 Å². The van der Waals surface area contributed by atoms with Crippen LogP contribution in [0.25, 0.3) is 0 Å². The zero-order valence-electron chi connectivity index (χ0n) is 11.3. The minimum Gasteiger partial charge on any atom is -0.312 e. The zero-order valence-corrected chi connectivity index (χ0v) is 12.8. The van der Waals surface area contributed by atoms with Gasteiger partial charge in [-0.15, -0.1) is 0 Å². The summed E-state index contributed by atoms with van der Waals surface area (Å²) < 4.78 is 14.4. The molecule has 0 radical (unpaired) electrons. The van der Waals surface area contributed by atoms with Gasteiger partial charge < -0.3 is 5.32 Å². The van der Waals surface area contributed by atoms with Gasteiger partial charge in [0, 0.05) is 10.0 Å². The lowest BCUT2D eigenvalue weighted by Crippen LogP contribution is -2.36. The van der Waals surface area contributed by atoms with Gasteiger partial charge in [0.25, 0.3) is 0 Å². The van der Waals surface area contributed by atoms with Crippen molar-refractivity contribution in [1.82, 2.24) is 5.32 Å². The van der Waals surface area contributed by atoms with Crippen LogP contribution in [0.5, 0.6) is 0 Å². The summed E-state index contributed by atoms with van der Waals surface area (Å²) in [4.78, 5) is 0. The maximum absolute atomic E-state index is 13.4. The second-order valence-corrected chi connectivity index (χ2v) is 6.29. The van der Waals surface area contributed by atoms with Gasteiger partial charge >= 0.3 is 0 Å². The molecule has 0 saturated heterocycles. The molecule has 1 aromatic rings. The summed E-state index contributed by atoms with van der Waals surface area (Å²) in [5.41, 5.74) is 0.883. The van der Waals surface area contributed by atoms with E-state index in [2.05, 4.69) is 48.1 Å². The number of hydrogen-bond donors (Lipinski definition) is 1. The van der Waals surface area contributed by atoms with E-state index >= 15 is 0 Å². The van der Waals surface area contributed by atoms with E-state index in [1.165, 1.54) is 6.07 Å². The van der Waals surface area contributed by atoms with Crippen LogP contribution in [0.4, 0.5) is 4.39 Å². The Kier molecular flexibility index (Phi) is 6.03. The first-order valence-electron chi connectivity index (χ1n) is 6.22. The Labute approximate surface area is 118 Å². The number of nitrogens with one attached hydrogen (secondary N) is 1. The Bertz CT molecular complexity index is 407. The van der Waals surface area contributed by atoms with Gasteiger partial charge in [0.15, 0.2) is 0 Å². The third-order valence-corrected chi connectivity index (χ3v) is 2.97. The summed E-state index contributed by atoms with van der Waals surface area (Å²) in [6.45, 7) is 7.38. The van der Waals surface area contributed by atoms with Crippen LogP contribution >= 0.6 is 15.9 Å². The molecule has 0 saturated carbocycles. The van der Waals surface area contributed by atoms with E-state index in [0.29, 0.717) is 6.42 Å². The summed E-state index contributed by atoms with van der Waals surface area (Å²) in [6.07, 6.45) is 5.72. The lowest BCUT2D eigenvalue weighted by molar-refractivity contribution is 0.431. The Morgan fingerprint density at radius 3 is 2.67 bits per heavy atom. The van der Waals surface area contributed by atoms with Crippen LogP contribution < -0.4 is 5.32 Å². The molecule has 1 nitrogen and oxygen atoms in total. The minimum absolute atomic E-state index is 0.143. The predicted molar refractivity (Wildman–Crippen MR) is 79.3 cm³/mol. The normalized spacial score (nSPS) is 12.3. The molecular weight excluding hydrogens is 293 g/mol. The molecule has 0 aliphatic rings. The van der Waals surface area contributed by atoms with Crippen molar-refractivity contribution in [3.8, 4) is 0 Å². The zero-order chi connectivity index (χ0) is 13.6. The van der Waals surface area contributed by atoms with E-state index in [0.717, 1.165) is 23.0 Å². The Hall–Kier alpha value is -0.670. The minimum atomic E-state index is -0.143. The van der Waals surface area contributed by atoms with E-state index in [1.54, 1.807) is 6.07 Å². The van der Waals surface area contributed by atoms with Crippen molar-refractivity contribution < 1.29 is 4.39 Å². The third kappa shape index (κ3) is 6.31. The molecule has 0 atom stereocenters. The van der Waals surface area contributed by atoms with Gasteiger partial charge in [-0.1, -0.05) is 28.1 Å².